The van der Waals surface area contributed by atoms with E-state index in [4.69, 9.17) is 5.73 Å². The van der Waals surface area contributed by atoms with E-state index in [1.807, 2.05) is 6.07 Å². The van der Waals surface area contributed by atoms with Crippen molar-refractivity contribution in [3.05, 3.63) is 59.9 Å². The lowest BCUT2D eigenvalue weighted by atomic mass is 9.92. The molecule has 1 saturated heterocycles. The molecule has 2 aromatic rings. The van der Waals surface area contributed by atoms with E-state index in [1.165, 1.54) is 12.0 Å². The van der Waals surface area contributed by atoms with Gasteiger partial charge in [-0.05, 0) is 42.9 Å². The van der Waals surface area contributed by atoms with Gasteiger partial charge in [0.15, 0.2) is 0 Å². The molecular formula is C18H21N3O. The highest BCUT2D eigenvalue weighted by molar-refractivity contribution is 5.91. The summed E-state index contributed by atoms with van der Waals surface area (Å²) in [5.41, 5.74) is 8.12. The van der Waals surface area contributed by atoms with Gasteiger partial charge in [0.05, 0.1) is 0 Å². The monoisotopic (exact) mass is 295 g/mol. The second-order valence-corrected chi connectivity index (χ2v) is 5.79. The first-order valence-corrected chi connectivity index (χ1v) is 7.80. The minimum Gasteiger partial charge on any atom is -0.371 e. The second kappa shape index (κ2) is 6.60. The average molecular weight is 295 g/mol. The number of amides is 1. The van der Waals surface area contributed by atoms with Crippen LogP contribution in [0.15, 0.2) is 48.7 Å². The zero-order valence-corrected chi connectivity index (χ0v) is 12.6. The van der Waals surface area contributed by atoms with E-state index in [2.05, 4.69) is 40.2 Å². The Balaban J connectivity index is 1.73. The number of nitrogens with two attached hydrogens (primary N) is 1. The molecule has 114 valence electrons. The Morgan fingerprint density at radius 1 is 1.14 bits per heavy atom. The molecule has 0 aliphatic carbocycles. The zero-order valence-electron chi connectivity index (χ0n) is 12.6. The summed E-state index contributed by atoms with van der Waals surface area (Å²) in [6.07, 6.45) is 5.13. The van der Waals surface area contributed by atoms with Crippen molar-refractivity contribution in [3.8, 4) is 0 Å². The minimum absolute atomic E-state index is 0.335. The number of hydrogen-bond acceptors (Lipinski definition) is 3. The molecule has 0 saturated carbocycles. The topological polar surface area (TPSA) is 59.2 Å². The van der Waals surface area contributed by atoms with Gasteiger partial charge >= 0.3 is 0 Å². The maximum Gasteiger partial charge on any atom is 0.267 e. The summed E-state index contributed by atoms with van der Waals surface area (Å²) >= 11 is 0. The van der Waals surface area contributed by atoms with E-state index in [0.29, 0.717) is 11.6 Å². The van der Waals surface area contributed by atoms with Crippen LogP contribution in [0.4, 0.5) is 5.69 Å². The fourth-order valence-electron chi connectivity index (χ4n) is 3.16. The Labute approximate surface area is 131 Å². The fraction of sp³-hybridized carbons (Fsp3) is 0.333. The molecule has 0 radical (unpaired) electrons. The highest BCUT2D eigenvalue weighted by Gasteiger charge is 2.19. The highest BCUT2D eigenvalue weighted by atomic mass is 16.1. The molecule has 3 rings (SSSR count). The molecule has 1 aliphatic heterocycles. The Morgan fingerprint density at radius 3 is 2.73 bits per heavy atom. The third-order valence-electron chi connectivity index (χ3n) is 4.36. The summed E-state index contributed by atoms with van der Waals surface area (Å²) in [7, 11) is 0. The smallest absolute Gasteiger partial charge is 0.267 e. The van der Waals surface area contributed by atoms with Crippen molar-refractivity contribution in [1.29, 1.82) is 0 Å². The average Bonchev–Trinajstić information content (AvgIpc) is 2.82. The van der Waals surface area contributed by atoms with Gasteiger partial charge in [0.25, 0.3) is 5.91 Å². The van der Waals surface area contributed by atoms with Crippen LogP contribution in [0.1, 0.15) is 41.2 Å². The zero-order chi connectivity index (χ0) is 15.4. The van der Waals surface area contributed by atoms with Gasteiger partial charge in [-0.1, -0.05) is 30.3 Å². The van der Waals surface area contributed by atoms with E-state index in [9.17, 15) is 4.79 Å². The van der Waals surface area contributed by atoms with Crippen LogP contribution in [0.3, 0.4) is 0 Å². The van der Waals surface area contributed by atoms with Crippen molar-refractivity contribution < 1.29 is 4.79 Å². The third kappa shape index (κ3) is 3.27. The van der Waals surface area contributed by atoms with E-state index < -0.39 is 5.91 Å². The molecule has 2 heterocycles. The van der Waals surface area contributed by atoms with Crippen LogP contribution in [0.25, 0.3) is 0 Å². The summed E-state index contributed by atoms with van der Waals surface area (Å²) in [5, 5.41) is 0. The lowest BCUT2D eigenvalue weighted by Crippen LogP contribution is -2.25. The van der Waals surface area contributed by atoms with Crippen molar-refractivity contribution in [2.45, 2.75) is 25.2 Å². The van der Waals surface area contributed by atoms with Crippen molar-refractivity contribution in [1.82, 2.24) is 4.98 Å². The number of primary amides is 1. The molecule has 4 heteroatoms. The number of benzene rings is 1. The first-order chi connectivity index (χ1) is 10.7. The maximum absolute atomic E-state index is 11.3. The first kappa shape index (κ1) is 14.6. The van der Waals surface area contributed by atoms with Crippen molar-refractivity contribution >= 4 is 11.6 Å². The maximum atomic E-state index is 11.3. The summed E-state index contributed by atoms with van der Waals surface area (Å²) in [6.45, 7) is 1.99. The van der Waals surface area contributed by atoms with Crippen LogP contribution in [0.5, 0.6) is 0 Å². The Morgan fingerprint density at radius 2 is 1.95 bits per heavy atom. The summed E-state index contributed by atoms with van der Waals surface area (Å²) in [5.74, 6) is 0.141. The van der Waals surface area contributed by atoms with Gasteiger partial charge in [0, 0.05) is 25.0 Å². The second-order valence-electron chi connectivity index (χ2n) is 5.79. The molecule has 0 bridgehead atoms. The third-order valence-corrected chi connectivity index (χ3v) is 4.36. The van der Waals surface area contributed by atoms with E-state index in [1.54, 1.807) is 12.3 Å². The molecule has 1 atom stereocenters. The van der Waals surface area contributed by atoms with Crippen LogP contribution < -0.4 is 10.6 Å². The van der Waals surface area contributed by atoms with E-state index >= 15 is 0 Å². The molecule has 1 aliphatic rings. The number of rotatable bonds is 3. The molecule has 1 amide bonds. The van der Waals surface area contributed by atoms with Gasteiger partial charge < -0.3 is 10.6 Å². The van der Waals surface area contributed by atoms with Crippen LogP contribution >= 0.6 is 0 Å². The van der Waals surface area contributed by atoms with Crippen molar-refractivity contribution in [2.24, 2.45) is 5.73 Å². The molecular weight excluding hydrogens is 274 g/mol. The fourth-order valence-corrected chi connectivity index (χ4v) is 3.16. The van der Waals surface area contributed by atoms with Crippen molar-refractivity contribution in [3.63, 3.8) is 0 Å². The molecule has 0 spiro atoms. The minimum atomic E-state index is -0.473. The number of carbonyl (C=O) groups excluding carboxylic acids is 1. The van der Waals surface area contributed by atoms with Crippen LogP contribution in [0, 0.1) is 0 Å². The number of nitrogens with zero attached hydrogens (tertiary/aromatic N) is 2. The number of pyridine rings is 1. The van der Waals surface area contributed by atoms with Gasteiger partial charge in [-0.2, -0.15) is 0 Å². The van der Waals surface area contributed by atoms with Gasteiger partial charge in [0.2, 0.25) is 0 Å². The van der Waals surface area contributed by atoms with Crippen LogP contribution in [-0.4, -0.2) is 24.0 Å². The number of anilines is 1. The molecule has 2 N–H and O–H groups in total. The van der Waals surface area contributed by atoms with Crippen LogP contribution in [-0.2, 0) is 0 Å². The summed E-state index contributed by atoms with van der Waals surface area (Å²) in [6, 6.07) is 14.5. The molecule has 1 aromatic carbocycles. The predicted octanol–water partition coefficient (Wildman–Crippen LogP) is 2.95. The summed E-state index contributed by atoms with van der Waals surface area (Å²) < 4.78 is 0. The Hall–Kier alpha value is -2.36. The quantitative estimate of drug-likeness (QED) is 0.947. The Kier molecular flexibility index (Phi) is 4.37. The lowest BCUT2D eigenvalue weighted by Gasteiger charge is -2.23. The number of aromatic nitrogens is 1. The predicted molar refractivity (Wildman–Crippen MR) is 88.0 cm³/mol. The number of hydrogen-bond donors (Lipinski definition) is 1. The normalized spacial score (nSPS) is 18.7. The molecule has 0 unspecified atom stereocenters. The van der Waals surface area contributed by atoms with Crippen molar-refractivity contribution in [2.75, 3.05) is 18.0 Å². The number of carbonyl (C=O) groups is 1. The van der Waals surface area contributed by atoms with Gasteiger partial charge in [0.1, 0.15) is 5.69 Å². The largest absolute Gasteiger partial charge is 0.371 e. The van der Waals surface area contributed by atoms with Crippen LogP contribution in [0.2, 0.25) is 0 Å². The molecule has 1 fully saturated rings. The molecule has 4 nitrogen and oxygen atoms in total. The van der Waals surface area contributed by atoms with E-state index in [-0.39, 0.29) is 0 Å². The summed E-state index contributed by atoms with van der Waals surface area (Å²) in [4.78, 5) is 17.6. The van der Waals surface area contributed by atoms with Gasteiger partial charge in [-0.25, -0.2) is 0 Å². The van der Waals surface area contributed by atoms with Gasteiger partial charge in [-0.3, -0.25) is 9.78 Å². The SMILES string of the molecule is NC(=O)c1cc(N2CCC[C@H](c3ccccc3)CC2)ccn1. The standard InChI is InChI=1S/C18H21N3O/c19-18(22)17-13-16(8-10-20-17)21-11-4-7-15(9-12-21)14-5-2-1-3-6-14/h1-3,5-6,8,10,13,15H,4,7,9,11-12H2,(H2,19,22)/t15-/m0/s1. The lowest BCUT2D eigenvalue weighted by molar-refractivity contribution is 0.0995. The molecule has 22 heavy (non-hydrogen) atoms. The van der Waals surface area contributed by atoms with Gasteiger partial charge in [-0.15, -0.1) is 0 Å². The highest BCUT2D eigenvalue weighted by Crippen LogP contribution is 2.29. The Bertz CT molecular complexity index is 642. The van der Waals surface area contributed by atoms with E-state index in [0.717, 1.165) is 31.6 Å². The molecule has 1 aromatic heterocycles. The first-order valence-electron chi connectivity index (χ1n) is 7.80.